The van der Waals surface area contributed by atoms with Crippen LogP contribution < -0.4 is 5.32 Å². The Morgan fingerprint density at radius 1 is 1.28 bits per heavy atom. The summed E-state index contributed by atoms with van der Waals surface area (Å²) in [6, 6.07) is 3.80. The first-order valence-electron chi connectivity index (χ1n) is 7.75. The maximum absolute atomic E-state index is 11.0. The molecular weight excluding hydrogens is 364 g/mol. The summed E-state index contributed by atoms with van der Waals surface area (Å²) in [5, 5.41) is 25.0. The van der Waals surface area contributed by atoms with E-state index >= 15 is 0 Å². The van der Waals surface area contributed by atoms with Crippen molar-refractivity contribution in [2.75, 3.05) is 5.32 Å². The molecule has 7 nitrogen and oxygen atoms in total. The quantitative estimate of drug-likeness (QED) is 0.300. The van der Waals surface area contributed by atoms with Crippen LogP contribution in [0, 0.1) is 10.1 Å². The molecule has 0 saturated heterocycles. The van der Waals surface area contributed by atoms with Gasteiger partial charge in [0.25, 0.3) is 5.69 Å². The van der Waals surface area contributed by atoms with Crippen molar-refractivity contribution in [3.8, 4) is 5.75 Å². The fourth-order valence-electron chi connectivity index (χ4n) is 3.09. The van der Waals surface area contributed by atoms with Crippen LogP contribution in [0.25, 0.3) is 10.2 Å². The molecule has 0 atom stereocenters. The summed E-state index contributed by atoms with van der Waals surface area (Å²) in [6.07, 6.45) is 4.20. The third-order valence-corrected chi connectivity index (χ3v) is 5.59. The number of thiophene rings is 1. The van der Waals surface area contributed by atoms with Gasteiger partial charge in [-0.3, -0.25) is 10.1 Å². The zero-order chi connectivity index (χ0) is 17.6. The van der Waals surface area contributed by atoms with Crippen LogP contribution in [0.3, 0.4) is 0 Å². The minimum Gasteiger partial charge on any atom is -0.506 e. The zero-order valence-corrected chi connectivity index (χ0v) is 14.5. The standard InChI is InChI=1S/C16H13ClN4O3S/c17-16-19-14(18-10-7-8(21(23)24)5-6-11(10)22)13-9-3-1-2-4-12(9)25-15(13)20-16/h5-7,22H,1-4H2,(H,18,19,20). The molecule has 0 aliphatic heterocycles. The Morgan fingerprint density at radius 2 is 2.08 bits per heavy atom. The number of benzene rings is 1. The highest BCUT2D eigenvalue weighted by Crippen LogP contribution is 2.41. The van der Waals surface area contributed by atoms with Crippen LogP contribution >= 0.6 is 22.9 Å². The van der Waals surface area contributed by atoms with E-state index in [9.17, 15) is 15.2 Å². The van der Waals surface area contributed by atoms with Gasteiger partial charge in [-0.15, -0.1) is 11.3 Å². The number of anilines is 2. The van der Waals surface area contributed by atoms with E-state index in [1.165, 1.54) is 28.6 Å². The number of hydrogen-bond donors (Lipinski definition) is 2. The highest BCUT2D eigenvalue weighted by atomic mass is 35.5. The number of nitrogens with one attached hydrogen (secondary N) is 1. The molecule has 25 heavy (non-hydrogen) atoms. The van der Waals surface area contributed by atoms with Gasteiger partial charge in [0.1, 0.15) is 16.4 Å². The van der Waals surface area contributed by atoms with Gasteiger partial charge < -0.3 is 10.4 Å². The van der Waals surface area contributed by atoms with Gasteiger partial charge in [-0.05, 0) is 48.9 Å². The first-order valence-corrected chi connectivity index (χ1v) is 8.94. The number of aromatic hydroxyl groups is 1. The summed E-state index contributed by atoms with van der Waals surface area (Å²) in [7, 11) is 0. The second kappa shape index (κ2) is 6.12. The van der Waals surface area contributed by atoms with Gasteiger partial charge in [0.2, 0.25) is 5.28 Å². The molecule has 0 unspecified atom stereocenters. The van der Waals surface area contributed by atoms with Gasteiger partial charge in [0.05, 0.1) is 16.0 Å². The van der Waals surface area contributed by atoms with E-state index < -0.39 is 4.92 Å². The molecule has 9 heteroatoms. The van der Waals surface area contributed by atoms with Crippen molar-refractivity contribution in [1.82, 2.24) is 9.97 Å². The van der Waals surface area contributed by atoms with Crippen molar-refractivity contribution in [1.29, 1.82) is 0 Å². The van der Waals surface area contributed by atoms with Gasteiger partial charge in [-0.25, -0.2) is 4.98 Å². The van der Waals surface area contributed by atoms with Crippen LogP contribution in [0.15, 0.2) is 18.2 Å². The molecule has 2 heterocycles. The van der Waals surface area contributed by atoms with Gasteiger partial charge in [-0.1, -0.05) is 0 Å². The number of fused-ring (bicyclic) bond motifs is 3. The Hall–Kier alpha value is -2.45. The van der Waals surface area contributed by atoms with Crippen LogP contribution in [0.4, 0.5) is 17.2 Å². The number of nitro groups is 1. The number of phenols is 1. The van der Waals surface area contributed by atoms with Crippen molar-refractivity contribution in [3.05, 3.63) is 44.0 Å². The number of hydrogen-bond acceptors (Lipinski definition) is 7. The molecule has 0 bridgehead atoms. The largest absolute Gasteiger partial charge is 0.506 e. The molecule has 4 rings (SSSR count). The predicted octanol–water partition coefficient (Wildman–Crippen LogP) is 4.58. The molecular formula is C16H13ClN4O3S. The smallest absolute Gasteiger partial charge is 0.271 e. The molecule has 3 aromatic rings. The maximum Gasteiger partial charge on any atom is 0.271 e. The number of aromatic nitrogens is 2. The Balaban J connectivity index is 1.86. The highest BCUT2D eigenvalue weighted by molar-refractivity contribution is 7.19. The number of aryl methyl sites for hydroxylation is 2. The van der Waals surface area contributed by atoms with E-state index in [0.29, 0.717) is 5.82 Å². The van der Waals surface area contributed by atoms with Crippen molar-refractivity contribution >= 4 is 50.3 Å². The summed E-state index contributed by atoms with van der Waals surface area (Å²) in [5.41, 5.74) is 1.29. The predicted molar refractivity (Wildman–Crippen MR) is 97.1 cm³/mol. The second-order valence-electron chi connectivity index (χ2n) is 5.82. The molecule has 0 spiro atoms. The molecule has 128 valence electrons. The molecule has 1 aliphatic rings. The monoisotopic (exact) mass is 376 g/mol. The minimum atomic E-state index is -0.514. The summed E-state index contributed by atoms with van der Waals surface area (Å²) in [4.78, 5) is 21.1. The Labute approximate surface area is 151 Å². The molecule has 0 amide bonds. The molecule has 2 N–H and O–H groups in total. The zero-order valence-electron chi connectivity index (χ0n) is 13.0. The van der Waals surface area contributed by atoms with Crippen molar-refractivity contribution < 1.29 is 10.0 Å². The third-order valence-electron chi connectivity index (χ3n) is 4.23. The van der Waals surface area contributed by atoms with Crippen LogP contribution in [0.1, 0.15) is 23.3 Å². The Kier molecular flexibility index (Phi) is 3.93. The third kappa shape index (κ3) is 2.87. The molecule has 1 aromatic carbocycles. The molecule has 0 saturated carbocycles. The van der Waals surface area contributed by atoms with E-state index in [2.05, 4.69) is 15.3 Å². The molecule has 0 fully saturated rings. The number of phenolic OH excluding ortho intramolecular Hbond substituents is 1. The molecule has 0 radical (unpaired) electrons. The Morgan fingerprint density at radius 3 is 2.88 bits per heavy atom. The number of non-ortho nitro benzene ring substituents is 1. The van der Waals surface area contributed by atoms with Crippen molar-refractivity contribution in [2.45, 2.75) is 25.7 Å². The SMILES string of the molecule is O=[N+]([O-])c1ccc(O)c(Nc2nc(Cl)nc3sc4c(c23)CCCC4)c1. The number of rotatable bonds is 3. The first-order chi connectivity index (χ1) is 12.0. The second-order valence-corrected chi connectivity index (χ2v) is 7.24. The number of nitrogens with zero attached hydrogens (tertiary/aromatic N) is 3. The minimum absolute atomic E-state index is 0.0958. The summed E-state index contributed by atoms with van der Waals surface area (Å²) in [5.74, 6) is 0.364. The fourth-order valence-corrected chi connectivity index (χ4v) is 4.57. The van der Waals surface area contributed by atoms with E-state index in [0.717, 1.165) is 35.9 Å². The number of halogens is 1. The highest BCUT2D eigenvalue weighted by Gasteiger charge is 2.22. The lowest BCUT2D eigenvalue weighted by Crippen LogP contribution is -2.02. The van der Waals surface area contributed by atoms with Crippen LogP contribution in [-0.4, -0.2) is 20.0 Å². The van der Waals surface area contributed by atoms with E-state index in [1.54, 1.807) is 11.3 Å². The molecule has 1 aliphatic carbocycles. The van der Waals surface area contributed by atoms with E-state index in [-0.39, 0.29) is 22.4 Å². The van der Waals surface area contributed by atoms with Gasteiger partial charge in [-0.2, -0.15) is 4.98 Å². The lowest BCUT2D eigenvalue weighted by molar-refractivity contribution is -0.384. The lowest BCUT2D eigenvalue weighted by Gasteiger charge is -2.13. The summed E-state index contributed by atoms with van der Waals surface area (Å²) < 4.78 is 0. The van der Waals surface area contributed by atoms with Gasteiger partial charge in [0.15, 0.2) is 0 Å². The topological polar surface area (TPSA) is 101 Å². The van der Waals surface area contributed by atoms with Crippen LogP contribution in [-0.2, 0) is 12.8 Å². The molecule has 2 aromatic heterocycles. The summed E-state index contributed by atoms with van der Waals surface area (Å²) in [6.45, 7) is 0. The van der Waals surface area contributed by atoms with Gasteiger partial charge in [0, 0.05) is 17.0 Å². The van der Waals surface area contributed by atoms with Crippen molar-refractivity contribution in [2.24, 2.45) is 0 Å². The maximum atomic E-state index is 11.0. The first kappa shape index (κ1) is 16.0. The van der Waals surface area contributed by atoms with E-state index in [4.69, 9.17) is 11.6 Å². The fraction of sp³-hybridized carbons (Fsp3) is 0.250. The van der Waals surface area contributed by atoms with Gasteiger partial charge >= 0.3 is 0 Å². The lowest BCUT2D eigenvalue weighted by atomic mass is 9.97. The van der Waals surface area contributed by atoms with Crippen LogP contribution in [0.2, 0.25) is 5.28 Å². The summed E-state index contributed by atoms with van der Waals surface area (Å²) >= 11 is 7.65. The number of nitro benzene ring substituents is 1. The van der Waals surface area contributed by atoms with Crippen molar-refractivity contribution in [3.63, 3.8) is 0 Å². The average Bonchev–Trinajstić information content (AvgIpc) is 2.94. The normalized spacial score (nSPS) is 13.6. The van der Waals surface area contributed by atoms with E-state index in [1.807, 2.05) is 0 Å². The Bertz CT molecular complexity index is 1000. The average molecular weight is 377 g/mol. The van der Waals surface area contributed by atoms with Crippen LogP contribution in [0.5, 0.6) is 5.75 Å².